The van der Waals surface area contributed by atoms with Crippen molar-refractivity contribution in [3.63, 3.8) is 0 Å². The molecule has 5 heteroatoms. The number of fused-ring (bicyclic) bond motifs is 1. The molecule has 0 atom stereocenters. The Hall–Kier alpha value is -2.40. The van der Waals surface area contributed by atoms with Crippen molar-refractivity contribution in [3.05, 3.63) is 59.8 Å². The molecule has 96 valence electrons. The maximum atomic E-state index is 9.09. The first kappa shape index (κ1) is 11.7. The Kier molecular flexibility index (Phi) is 3.12. The minimum absolute atomic E-state index is 0.0560. The van der Waals surface area contributed by atoms with Gasteiger partial charge in [-0.2, -0.15) is 4.98 Å². The summed E-state index contributed by atoms with van der Waals surface area (Å²) in [6.45, 7) is 0.686. The van der Waals surface area contributed by atoms with E-state index in [4.69, 9.17) is 5.11 Å². The minimum atomic E-state index is 0.0560. The molecule has 19 heavy (non-hydrogen) atoms. The number of rotatable bonds is 4. The van der Waals surface area contributed by atoms with Crippen LogP contribution in [0.3, 0.4) is 0 Å². The second-order valence-electron chi connectivity index (χ2n) is 4.27. The molecule has 5 nitrogen and oxygen atoms in total. The number of nitrogens with zero attached hydrogens (tertiary/aromatic N) is 3. The fourth-order valence-electron chi connectivity index (χ4n) is 1.93. The summed E-state index contributed by atoms with van der Waals surface area (Å²) in [4.78, 5) is 4.36. The monoisotopic (exact) mass is 254 g/mol. The summed E-state index contributed by atoms with van der Waals surface area (Å²) in [5, 5.41) is 16.6. The Labute approximate surface area is 110 Å². The van der Waals surface area contributed by atoms with Crippen LogP contribution in [-0.4, -0.2) is 19.7 Å². The molecule has 0 spiro atoms. The van der Waals surface area contributed by atoms with Crippen molar-refractivity contribution in [2.75, 3.05) is 5.32 Å². The van der Waals surface area contributed by atoms with E-state index in [1.807, 2.05) is 48.7 Å². The maximum absolute atomic E-state index is 9.09. The molecule has 2 N–H and O–H groups in total. The second-order valence-corrected chi connectivity index (χ2v) is 4.27. The molecule has 0 aliphatic heterocycles. The third-order valence-corrected chi connectivity index (χ3v) is 2.87. The number of benzene rings is 1. The first-order valence-electron chi connectivity index (χ1n) is 6.09. The van der Waals surface area contributed by atoms with Crippen LogP contribution in [-0.2, 0) is 13.2 Å². The summed E-state index contributed by atoms with van der Waals surface area (Å²) in [5.74, 6) is 0.598. The highest BCUT2D eigenvalue weighted by Crippen LogP contribution is 2.09. The molecule has 0 radical (unpaired) electrons. The number of aliphatic hydroxyl groups is 1. The van der Waals surface area contributed by atoms with Gasteiger partial charge < -0.3 is 10.4 Å². The van der Waals surface area contributed by atoms with Crippen LogP contribution < -0.4 is 5.32 Å². The molecular weight excluding hydrogens is 240 g/mol. The second kappa shape index (κ2) is 5.07. The van der Waals surface area contributed by atoms with Crippen molar-refractivity contribution in [3.8, 4) is 0 Å². The van der Waals surface area contributed by atoms with Gasteiger partial charge in [0.2, 0.25) is 5.95 Å². The number of aromatic nitrogens is 3. The van der Waals surface area contributed by atoms with Crippen LogP contribution in [0, 0.1) is 0 Å². The molecule has 0 unspecified atom stereocenters. The van der Waals surface area contributed by atoms with Crippen molar-refractivity contribution < 1.29 is 5.11 Å². The zero-order chi connectivity index (χ0) is 13.1. The highest BCUT2D eigenvalue weighted by molar-refractivity contribution is 5.43. The summed E-state index contributed by atoms with van der Waals surface area (Å²) in [6, 6.07) is 13.5. The molecule has 0 saturated heterocycles. The third-order valence-electron chi connectivity index (χ3n) is 2.87. The average molecular weight is 254 g/mol. The summed E-state index contributed by atoms with van der Waals surface area (Å²) in [5.41, 5.74) is 2.81. The molecule has 1 aromatic carbocycles. The van der Waals surface area contributed by atoms with E-state index >= 15 is 0 Å². The number of anilines is 1. The summed E-state index contributed by atoms with van der Waals surface area (Å²) < 4.78 is 1.73. The minimum Gasteiger partial charge on any atom is -0.392 e. The first-order chi connectivity index (χ1) is 9.35. The Balaban J connectivity index is 1.74. The molecule has 0 fully saturated rings. The number of hydrogen-bond donors (Lipinski definition) is 2. The number of hydrogen-bond acceptors (Lipinski definition) is 4. The molecule has 2 aromatic heterocycles. The zero-order valence-corrected chi connectivity index (χ0v) is 10.3. The van der Waals surface area contributed by atoms with E-state index in [-0.39, 0.29) is 6.61 Å². The maximum Gasteiger partial charge on any atom is 0.243 e. The van der Waals surface area contributed by atoms with E-state index in [0.717, 1.165) is 16.8 Å². The van der Waals surface area contributed by atoms with Crippen LogP contribution in [0.1, 0.15) is 11.1 Å². The van der Waals surface area contributed by atoms with Gasteiger partial charge in [-0.05, 0) is 23.3 Å². The number of aliphatic hydroxyl groups excluding tert-OH is 1. The molecule has 0 amide bonds. The fraction of sp³-hybridized carbons (Fsp3) is 0.143. The van der Waals surface area contributed by atoms with Crippen molar-refractivity contribution in [1.82, 2.24) is 14.6 Å². The van der Waals surface area contributed by atoms with E-state index in [0.29, 0.717) is 12.5 Å². The van der Waals surface area contributed by atoms with Gasteiger partial charge in [0.1, 0.15) is 0 Å². The standard InChI is InChI=1S/C14H14N4O/c19-10-12-5-3-4-11(8-12)9-15-14-16-13-6-1-2-7-18(13)17-14/h1-8,19H,9-10H2,(H,15,17). The lowest BCUT2D eigenvalue weighted by molar-refractivity contribution is 0.281. The Morgan fingerprint density at radius 1 is 1.11 bits per heavy atom. The van der Waals surface area contributed by atoms with Crippen LogP contribution in [0.25, 0.3) is 5.65 Å². The lowest BCUT2D eigenvalue weighted by Gasteiger charge is -2.03. The molecule has 3 aromatic rings. The number of pyridine rings is 1. The SMILES string of the molecule is OCc1cccc(CNc2nc3ccccn3n2)c1. The van der Waals surface area contributed by atoms with Gasteiger partial charge in [-0.3, -0.25) is 0 Å². The van der Waals surface area contributed by atoms with E-state index in [1.54, 1.807) is 4.52 Å². The number of nitrogens with one attached hydrogen (secondary N) is 1. The van der Waals surface area contributed by atoms with E-state index < -0.39 is 0 Å². The van der Waals surface area contributed by atoms with Crippen LogP contribution in [0.2, 0.25) is 0 Å². The van der Waals surface area contributed by atoms with Crippen molar-refractivity contribution >= 4 is 11.6 Å². The van der Waals surface area contributed by atoms with E-state index in [2.05, 4.69) is 15.4 Å². The Morgan fingerprint density at radius 2 is 2.00 bits per heavy atom. The average Bonchev–Trinajstić information content (AvgIpc) is 2.88. The topological polar surface area (TPSA) is 62.5 Å². The van der Waals surface area contributed by atoms with Gasteiger partial charge >= 0.3 is 0 Å². The van der Waals surface area contributed by atoms with Gasteiger partial charge in [-0.25, -0.2) is 4.52 Å². The predicted molar refractivity (Wildman–Crippen MR) is 72.7 cm³/mol. The van der Waals surface area contributed by atoms with E-state index in [9.17, 15) is 0 Å². The third kappa shape index (κ3) is 2.56. The van der Waals surface area contributed by atoms with Crippen LogP contribution in [0.4, 0.5) is 5.95 Å². The summed E-state index contributed by atoms with van der Waals surface area (Å²) in [6.07, 6.45) is 1.86. The highest BCUT2D eigenvalue weighted by atomic mass is 16.3. The van der Waals surface area contributed by atoms with Gasteiger partial charge in [0.15, 0.2) is 5.65 Å². The predicted octanol–water partition coefficient (Wildman–Crippen LogP) is 1.83. The molecule has 0 saturated carbocycles. The molecule has 0 aliphatic rings. The van der Waals surface area contributed by atoms with Crippen molar-refractivity contribution in [2.45, 2.75) is 13.2 Å². The van der Waals surface area contributed by atoms with Crippen LogP contribution >= 0.6 is 0 Å². The fourth-order valence-corrected chi connectivity index (χ4v) is 1.93. The lowest BCUT2D eigenvalue weighted by Crippen LogP contribution is -2.01. The largest absolute Gasteiger partial charge is 0.392 e. The Morgan fingerprint density at radius 3 is 2.84 bits per heavy atom. The van der Waals surface area contributed by atoms with Gasteiger partial charge in [-0.1, -0.05) is 30.3 Å². The van der Waals surface area contributed by atoms with Crippen LogP contribution in [0.5, 0.6) is 0 Å². The Bertz CT molecular complexity index is 659. The first-order valence-corrected chi connectivity index (χ1v) is 6.09. The normalized spacial score (nSPS) is 10.8. The van der Waals surface area contributed by atoms with Gasteiger partial charge in [0.05, 0.1) is 6.61 Å². The molecule has 3 rings (SSSR count). The van der Waals surface area contributed by atoms with Crippen molar-refractivity contribution in [2.24, 2.45) is 0 Å². The molecule has 0 aliphatic carbocycles. The van der Waals surface area contributed by atoms with Gasteiger partial charge in [0.25, 0.3) is 0 Å². The molecule has 0 bridgehead atoms. The summed E-state index contributed by atoms with van der Waals surface area (Å²) in [7, 11) is 0. The smallest absolute Gasteiger partial charge is 0.243 e. The van der Waals surface area contributed by atoms with Gasteiger partial charge in [0, 0.05) is 12.7 Å². The highest BCUT2D eigenvalue weighted by Gasteiger charge is 2.02. The lowest BCUT2D eigenvalue weighted by atomic mass is 10.1. The van der Waals surface area contributed by atoms with Crippen molar-refractivity contribution in [1.29, 1.82) is 0 Å². The molecule has 2 heterocycles. The van der Waals surface area contributed by atoms with Crippen LogP contribution in [0.15, 0.2) is 48.7 Å². The zero-order valence-electron chi connectivity index (χ0n) is 10.3. The molecular formula is C14H14N4O. The van der Waals surface area contributed by atoms with Gasteiger partial charge in [-0.15, -0.1) is 5.10 Å². The summed E-state index contributed by atoms with van der Waals surface area (Å²) >= 11 is 0. The quantitative estimate of drug-likeness (QED) is 0.745. The van der Waals surface area contributed by atoms with E-state index in [1.165, 1.54) is 0 Å².